The third-order valence-electron chi connectivity index (χ3n) is 2.73. The summed E-state index contributed by atoms with van der Waals surface area (Å²) in [5.41, 5.74) is -1.32. The van der Waals surface area contributed by atoms with Crippen LogP contribution in [0.1, 0.15) is 38.5 Å². The lowest BCUT2D eigenvalue weighted by atomic mass is 10.1. The Balaban J connectivity index is 3.06. The van der Waals surface area contributed by atoms with Gasteiger partial charge < -0.3 is 13.5 Å². The minimum Gasteiger partial charge on any atom is -0.550 e. The summed E-state index contributed by atoms with van der Waals surface area (Å²) in [4.78, 5) is 0. The quantitative estimate of drug-likeness (QED) is 0.234. The Hall–Kier alpha value is -0.103. The molecular weight excluding hydrogens is 387 g/mol. The lowest BCUT2D eigenvalue weighted by Gasteiger charge is -2.28. The molecule has 0 aromatic heterocycles. The Morgan fingerprint density at radius 2 is 1.52 bits per heavy atom. The van der Waals surface area contributed by atoms with Crippen LogP contribution in [-0.4, -0.2) is 20.5 Å². The molecule has 1 rings (SSSR count). The summed E-state index contributed by atoms with van der Waals surface area (Å²) >= 11 is 7.40. The van der Waals surface area contributed by atoms with Crippen molar-refractivity contribution in [3.8, 4) is 0 Å². The van der Waals surface area contributed by atoms with Gasteiger partial charge in [-0.2, -0.15) is 0 Å². The third kappa shape index (κ3) is 9.97. The summed E-state index contributed by atoms with van der Waals surface area (Å²) in [5, 5.41) is 0.0286. The molecule has 0 saturated carbocycles. The zero-order valence-electron chi connectivity index (χ0n) is 16.3. The highest BCUT2D eigenvalue weighted by molar-refractivity contribution is 8.68. The van der Waals surface area contributed by atoms with Crippen LogP contribution < -0.4 is 0 Å². The minimum atomic E-state index is -2.48. The standard InChI is InChI=1S/C18H31O3PS2Si/c1-15(2)20-22(23,21-16(3)4)24-18(13-14-19-25(5,6)7)17-11-9-8-10-12-17/h8-16,18H,1-7H3/b14-13+. The third-order valence-corrected chi connectivity index (χ3v) is 9.11. The molecule has 0 aliphatic rings. The van der Waals surface area contributed by atoms with Crippen molar-refractivity contribution in [1.29, 1.82) is 0 Å². The highest BCUT2D eigenvalue weighted by Crippen LogP contribution is 2.67. The van der Waals surface area contributed by atoms with Crippen molar-refractivity contribution >= 4 is 37.2 Å². The van der Waals surface area contributed by atoms with E-state index in [0.29, 0.717) is 0 Å². The Morgan fingerprint density at radius 1 is 1.00 bits per heavy atom. The van der Waals surface area contributed by atoms with Crippen molar-refractivity contribution in [2.75, 3.05) is 0 Å². The summed E-state index contributed by atoms with van der Waals surface area (Å²) < 4.78 is 18.0. The molecule has 1 unspecified atom stereocenters. The summed E-state index contributed by atoms with van der Waals surface area (Å²) in [6.45, 7) is 14.5. The van der Waals surface area contributed by atoms with Gasteiger partial charge in [0, 0.05) is 0 Å². The van der Waals surface area contributed by atoms with Crippen LogP contribution in [0.4, 0.5) is 0 Å². The Labute approximate surface area is 163 Å². The molecule has 7 heteroatoms. The predicted octanol–water partition coefficient (Wildman–Crippen LogP) is 6.90. The fraction of sp³-hybridized carbons (Fsp3) is 0.556. The average molecular weight is 419 g/mol. The zero-order valence-corrected chi connectivity index (χ0v) is 19.8. The molecule has 0 aliphatic heterocycles. The second-order valence-corrected chi connectivity index (χ2v) is 18.0. The lowest BCUT2D eigenvalue weighted by molar-refractivity contribution is 0.186. The van der Waals surface area contributed by atoms with E-state index in [1.165, 1.54) is 0 Å². The van der Waals surface area contributed by atoms with Gasteiger partial charge in [-0.15, -0.1) is 0 Å². The normalized spacial score (nSPS) is 14.4. The van der Waals surface area contributed by atoms with Crippen LogP contribution >= 0.6 is 17.1 Å². The largest absolute Gasteiger partial charge is 0.550 e. The van der Waals surface area contributed by atoms with Gasteiger partial charge in [-0.25, -0.2) is 0 Å². The summed E-state index contributed by atoms with van der Waals surface area (Å²) in [6, 6.07) is 10.3. The number of hydrogen-bond acceptors (Lipinski definition) is 5. The van der Waals surface area contributed by atoms with Crippen LogP contribution in [0.5, 0.6) is 0 Å². The van der Waals surface area contributed by atoms with Gasteiger partial charge in [0.05, 0.1) is 23.7 Å². The molecule has 0 spiro atoms. The van der Waals surface area contributed by atoms with Gasteiger partial charge >= 0.3 is 0 Å². The van der Waals surface area contributed by atoms with E-state index in [1.54, 1.807) is 11.4 Å². The van der Waals surface area contributed by atoms with Gasteiger partial charge in [0.15, 0.2) is 0 Å². The Bertz CT molecular complexity index is 572. The summed E-state index contributed by atoms with van der Waals surface area (Å²) in [5.74, 6) is 0. The molecule has 25 heavy (non-hydrogen) atoms. The van der Waals surface area contributed by atoms with E-state index in [0.717, 1.165) is 5.56 Å². The van der Waals surface area contributed by atoms with Crippen LogP contribution in [0, 0.1) is 0 Å². The van der Waals surface area contributed by atoms with E-state index in [-0.39, 0.29) is 17.5 Å². The monoisotopic (exact) mass is 418 g/mol. The second kappa shape index (κ2) is 10.3. The van der Waals surface area contributed by atoms with Gasteiger partial charge in [-0.3, -0.25) is 0 Å². The lowest BCUT2D eigenvalue weighted by Crippen LogP contribution is -2.22. The van der Waals surface area contributed by atoms with Gasteiger partial charge in [0.2, 0.25) is 14.0 Å². The smallest absolute Gasteiger partial charge is 0.248 e. The molecular formula is C18H31O3PS2Si. The molecule has 0 amide bonds. The maximum absolute atomic E-state index is 6.05. The number of benzene rings is 1. The first kappa shape index (κ1) is 22.9. The van der Waals surface area contributed by atoms with Crippen LogP contribution in [0.15, 0.2) is 42.7 Å². The van der Waals surface area contributed by atoms with E-state index in [2.05, 4.69) is 37.8 Å². The SMILES string of the molecule is CC(C)OP(=S)(OC(C)C)SC(/C=C/O[Si](C)(C)C)c1ccccc1. The van der Waals surface area contributed by atoms with Crippen molar-refractivity contribution < 1.29 is 13.5 Å². The van der Waals surface area contributed by atoms with Crippen molar-refractivity contribution in [2.45, 2.75) is 64.8 Å². The van der Waals surface area contributed by atoms with Gasteiger partial charge in [0.25, 0.3) is 0 Å². The highest BCUT2D eigenvalue weighted by Gasteiger charge is 2.28. The molecule has 0 heterocycles. The van der Waals surface area contributed by atoms with Crippen molar-refractivity contribution in [1.82, 2.24) is 0 Å². The molecule has 0 N–H and O–H groups in total. The molecule has 142 valence electrons. The predicted molar refractivity (Wildman–Crippen MR) is 117 cm³/mol. The zero-order chi connectivity index (χ0) is 19.1. The first-order chi connectivity index (χ1) is 11.5. The average Bonchev–Trinajstić information content (AvgIpc) is 2.44. The molecule has 0 aliphatic carbocycles. The van der Waals surface area contributed by atoms with E-state index in [9.17, 15) is 0 Å². The van der Waals surface area contributed by atoms with Crippen LogP contribution in [0.2, 0.25) is 19.6 Å². The van der Waals surface area contributed by atoms with Gasteiger partial charge in [-0.05, 0) is 70.8 Å². The second-order valence-electron chi connectivity index (χ2n) is 7.25. The highest BCUT2D eigenvalue weighted by atomic mass is 32.9. The molecule has 0 fully saturated rings. The first-order valence-electron chi connectivity index (χ1n) is 8.55. The molecule has 1 aromatic carbocycles. The number of rotatable bonds is 10. The van der Waals surface area contributed by atoms with E-state index in [1.807, 2.05) is 52.2 Å². The van der Waals surface area contributed by atoms with E-state index < -0.39 is 14.0 Å². The van der Waals surface area contributed by atoms with Gasteiger partial charge in [-0.1, -0.05) is 41.7 Å². The molecule has 3 nitrogen and oxygen atoms in total. The maximum Gasteiger partial charge on any atom is 0.248 e. The topological polar surface area (TPSA) is 27.7 Å². The van der Waals surface area contributed by atoms with Crippen LogP contribution in [-0.2, 0) is 25.3 Å². The van der Waals surface area contributed by atoms with E-state index in [4.69, 9.17) is 25.3 Å². The fourth-order valence-corrected chi connectivity index (χ4v) is 8.86. The molecule has 1 atom stereocenters. The summed E-state index contributed by atoms with van der Waals surface area (Å²) in [7, 11) is -1.61. The molecule has 1 aromatic rings. The first-order valence-corrected chi connectivity index (χ1v) is 16.1. The van der Waals surface area contributed by atoms with Crippen LogP contribution in [0.3, 0.4) is 0 Å². The van der Waals surface area contributed by atoms with Gasteiger partial charge in [0.1, 0.15) is 0 Å². The molecule has 0 saturated heterocycles. The van der Waals surface area contributed by atoms with Crippen molar-refractivity contribution in [3.05, 3.63) is 48.2 Å². The minimum absolute atomic E-state index is 0.0238. The van der Waals surface area contributed by atoms with Crippen molar-refractivity contribution in [3.63, 3.8) is 0 Å². The maximum atomic E-state index is 6.05. The molecule has 0 bridgehead atoms. The Morgan fingerprint density at radius 3 is 1.96 bits per heavy atom. The van der Waals surface area contributed by atoms with E-state index >= 15 is 0 Å². The summed E-state index contributed by atoms with van der Waals surface area (Å²) in [6.07, 6.45) is 3.93. The van der Waals surface area contributed by atoms with Crippen LogP contribution in [0.25, 0.3) is 0 Å². The van der Waals surface area contributed by atoms with Crippen molar-refractivity contribution in [2.24, 2.45) is 0 Å². The Kier molecular flexibility index (Phi) is 9.44. The fourth-order valence-electron chi connectivity index (χ4n) is 1.89. The molecule has 0 radical (unpaired) electrons. The number of hydrogen-bond donors (Lipinski definition) is 0.